The number of fused-ring (bicyclic) bond motifs is 4. The Balaban J connectivity index is 0.00000280. The fraction of sp³-hybridized carbons (Fsp3) is 0.474. The molecule has 4 aromatic rings. The average Bonchev–Trinajstić information content (AvgIpc) is 3.95. The number of hydrogen-bond donors (Lipinski definition) is 3. The van der Waals surface area contributed by atoms with Crippen molar-refractivity contribution in [2.24, 2.45) is 11.8 Å². The number of pyridine rings is 1. The maximum Gasteiger partial charge on any atom is 0.407 e. The Morgan fingerprint density at radius 3 is 2.32 bits per heavy atom. The van der Waals surface area contributed by atoms with Gasteiger partial charge in [0.15, 0.2) is 0 Å². The molecule has 306 valence electrons. The summed E-state index contributed by atoms with van der Waals surface area (Å²) in [5.41, 5.74) is 3.59. The number of alkyl carbamates (subject to hydrolysis) is 1. The number of carbonyl (C=O) groups excluding carboxylic acids is 3. The molecule has 0 radical (unpaired) electrons. The number of imidazole rings is 2. The van der Waals surface area contributed by atoms with Crippen molar-refractivity contribution in [1.29, 1.82) is 0 Å². The van der Waals surface area contributed by atoms with E-state index in [2.05, 4.69) is 43.8 Å². The number of rotatable bonds is 6. The first-order chi connectivity index (χ1) is 25.5. The smallest absolute Gasteiger partial charge is 0.407 e. The Morgan fingerprint density at radius 2 is 1.61 bits per heavy atom. The van der Waals surface area contributed by atoms with Crippen molar-refractivity contribution in [3.63, 3.8) is 0 Å². The van der Waals surface area contributed by atoms with Gasteiger partial charge in [0.25, 0.3) is 5.56 Å². The fourth-order valence-electron chi connectivity index (χ4n) is 6.59. The van der Waals surface area contributed by atoms with E-state index in [-0.39, 0.29) is 95.5 Å². The second-order valence-electron chi connectivity index (χ2n) is 14.0. The van der Waals surface area contributed by atoms with Gasteiger partial charge in [-0.1, -0.05) is 45.0 Å². The summed E-state index contributed by atoms with van der Waals surface area (Å²) in [5.74, 6) is 1.27. The summed E-state index contributed by atoms with van der Waals surface area (Å²) in [6.45, 7) is 7.50. The van der Waals surface area contributed by atoms with Crippen molar-refractivity contribution in [3.8, 4) is 33.8 Å². The first-order valence-corrected chi connectivity index (χ1v) is 18.1. The number of nitrogens with zero attached hydrogens (tertiary/aromatic N) is 5. The number of amides is 3. The highest BCUT2D eigenvalue weighted by atomic mass is 32.1. The van der Waals surface area contributed by atoms with Gasteiger partial charge in [0.1, 0.15) is 30.0 Å². The van der Waals surface area contributed by atoms with Crippen LogP contribution in [-0.2, 0) is 25.6 Å². The van der Waals surface area contributed by atoms with Crippen molar-refractivity contribution in [1.82, 2.24) is 39.8 Å². The summed E-state index contributed by atoms with van der Waals surface area (Å²) in [6.07, 6.45) is 5.63. The second-order valence-corrected chi connectivity index (χ2v) is 14.0. The zero-order valence-corrected chi connectivity index (χ0v) is 35.4. The minimum Gasteiger partial charge on any atom is -0.453 e. The number of benzene rings is 1. The van der Waals surface area contributed by atoms with Crippen LogP contribution in [0.25, 0.3) is 33.8 Å². The molecule has 0 saturated carbocycles. The standard InChI is InChI=1S/C38H48N8O7.3H2S/c1-23(2)24(3)35(47)45-16-8-9-32(45)34-40-19-28(42-34)26-12-10-25(11-13-26)27-14-15-31-29-20-39-33(41-29)21-44(4)37(49)30(43-38(50)51-5)22-52-17-6-7-18-53-46(31)36(27)48;;;/h10-15,19-20,23-24,30,32H,6-9,16-18,21-22H2,1-5H3,(H,39,41)(H,40,42)(H,43,50);3*1H2/t24-,30-,32-;;;/m0.../s1. The summed E-state index contributed by atoms with van der Waals surface area (Å²) < 4.78 is 11.7. The molecule has 56 heavy (non-hydrogen) atoms. The van der Waals surface area contributed by atoms with Gasteiger partial charge in [0.05, 0.1) is 55.6 Å². The lowest BCUT2D eigenvalue weighted by Gasteiger charge is -2.27. The van der Waals surface area contributed by atoms with Crippen molar-refractivity contribution in [3.05, 3.63) is 70.8 Å². The molecule has 2 bridgehead atoms. The molecule has 0 aliphatic carbocycles. The third kappa shape index (κ3) is 10.3. The Labute approximate surface area is 347 Å². The van der Waals surface area contributed by atoms with Crippen LogP contribution < -0.4 is 15.7 Å². The van der Waals surface area contributed by atoms with Crippen molar-refractivity contribution in [2.45, 2.75) is 65.1 Å². The number of hydrogen-bond acceptors (Lipinski definition) is 9. The molecule has 6 rings (SSSR count). The van der Waals surface area contributed by atoms with Crippen LogP contribution >= 0.6 is 40.5 Å². The van der Waals surface area contributed by atoms with Crippen LogP contribution in [0.3, 0.4) is 0 Å². The molecule has 3 aromatic heterocycles. The number of likely N-dealkylation sites (tertiary alicyclic amines) is 1. The Kier molecular flexibility index (Phi) is 17.0. The van der Waals surface area contributed by atoms with Gasteiger partial charge in [0, 0.05) is 26.1 Å². The Morgan fingerprint density at radius 1 is 0.911 bits per heavy atom. The molecule has 15 nitrogen and oxygen atoms in total. The van der Waals surface area contributed by atoms with E-state index in [0.717, 1.165) is 36.5 Å². The molecule has 2 aliphatic heterocycles. The minimum absolute atomic E-state index is 0. The number of aromatic amines is 2. The van der Waals surface area contributed by atoms with Crippen LogP contribution in [0.4, 0.5) is 4.79 Å². The Hall–Kier alpha value is -4.39. The number of ether oxygens (including phenoxy) is 2. The van der Waals surface area contributed by atoms with Gasteiger partial charge in [-0.3, -0.25) is 14.4 Å². The van der Waals surface area contributed by atoms with E-state index in [1.165, 1.54) is 16.7 Å². The molecule has 1 fully saturated rings. The van der Waals surface area contributed by atoms with Crippen molar-refractivity contribution < 1.29 is 28.7 Å². The molecular weight excluding hydrogens is 777 g/mol. The molecule has 2 aliphatic rings. The predicted octanol–water partition coefficient (Wildman–Crippen LogP) is 4.51. The molecule has 3 N–H and O–H groups in total. The van der Waals surface area contributed by atoms with Crippen LogP contribution in [0, 0.1) is 11.8 Å². The van der Waals surface area contributed by atoms with Crippen LogP contribution in [0.5, 0.6) is 0 Å². The molecule has 0 unspecified atom stereocenters. The zero-order valence-electron chi connectivity index (χ0n) is 32.4. The van der Waals surface area contributed by atoms with E-state index >= 15 is 0 Å². The molecule has 3 amide bonds. The van der Waals surface area contributed by atoms with Gasteiger partial charge in [-0.05, 0) is 54.9 Å². The lowest BCUT2D eigenvalue weighted by atomic mass is 9.96. The van der Waals surface area contributed by atoms with Gasteiger partial charge in [0.2, 0.25) is 11.8 Å². The number of carbonyl (C=O) groups is 3. The van der Waals surface area contributed by atoms with Crippen molar-refractivity contribution >= 4 is 58.4 Å². The van der Waals surface area contributed by atoms with Crippen LogP contribution in [-0.4, -0.2) is 98.9 Å². The maximum atomic E-state index is 14.0. The number of methoxy groups -OCH3 is 1. The molecule has 1 aromatic carbocycles. The quantitative estimate of drug-likeness (QED) is 0.253. The van der Waals surface area contributed by atoms with Gasteiger partial charge in [-0.25, -0.2) is 14.8 Å². The highest BCUT2D eigenvalue weighted by Gasteiger charge is 2.35. The molecular formula is C38H54N8O7S3. The lowest BCUT2D eigenvalue weighted by molar-refractivity contribution is -0.137. The maximum absolute atomic E-state index is 14.0. The van der Waals surface area contributed by atoms with Gasteiger partial charge in [-0.2, -0.15) is 40.5 Å². The summed E-state index contributed by atoms with van der Waals surface area (Å²) in [7, 11) is 2.83. The van der Waals surface area contributed by atoms with Gasteiger partial charge in [-0.15, -0.1) is 4.73 Å². The highest BCUT2D eigenvalue weighted by Crippen LogP contribution is 2.34. The van der Waals surface area contributed by atoms with Gasteiger partial charge >= 0.3 is 6.09 Å². The van der Waals surface area contributed by atoms with Crippen molar-refractivity contribution in [2.75, 3.05) is 40.5 Å². The van der Waals surface area contributed by atoms with E-state index < -0.39 is 12.1 Å². The van der Waals surface area contributed by atoms with E-state index in [4.69, 9.17) is 9.57 Å². The number of likely N-dealkylation sites (N-methyl/N-ethyl adjacent to an activating group) is 1. The van der Waals surface area contributed by atoms with Gasteiger partial charge < -0.3 is 39.4 Å². The van der Waals surface area contributed by atoms with Crippen LogP contribution in [0.1, 0.15) is 64.1 Å². The molecule has 5 heterocycles. The highest BCUT2D eigenvalue weighted by molar-refractivity contribution is 7.59. The third-order valence-corrected chi connectivity index (χ3v) is 10.0. The number of aromatic nitrogens is 5. The number of nitrogens with one attached hydrogen (secondary N) is 3. The minimum atomic E-state index is -0.937. The largest absolute Gasteiger partial charge is 0.453 e. The molecule has 18 heteroatoms. The monoisotopic (exact) mass is 830 g/mol. The summed E-state index contributed by atoms with van der Waals surface area (Å²) in [6, 6.07) is 10.2. The predicted molar refractivity (Wildman–Crippen MR) is 227 cm³/mol. The second kappa shape index (κ2) is 20.7. The topological polar surface area (TPSA) is 177 Å². The third-order valence-electron chi connectivity index (χ3n) is 10.0. The van der Waals surface area contributed by atoms with Crippen LogP contribution in [0.15, 0.2) is 53.6 Å². The summed E-state index contributed by atoms with van der Waals surface area (Å²) in [4.78, 5) is 77.6. The Bertz CT molecular complexity index is 1980. The molecule has 0 spiro atoms. The van der Waals surface area contributed by atoms with Crippen LogP contribution in [0.2, 0.25) is 0 Å². The molecule has 1 saturated heterocycles. The summed E-state index contributed by atoms with van der Waals surface area (Å²) >= 11 is 0. The molecule has 3 atom stereocenters. The summed E-state index contributed by atoms with van der Waals surface area (Å²) in [5, 5.41) is 2.54. The lowest BCUT2D eigenvalue weighted by Crippen LogP contribution is -2.49. The fourth-order valence-corrected chi connectivity index (χ4v) is 6.59. The van der Waals surface area contributed by atoms with E-state index in [0.29, 0.717) is 47.8 Å². The average molecular weight is 831 g/mol. The first-order valence-electron chi connectivity index (χ1n) is 18.1. The van der Waals surface area contributed by atoms with E-state index in [1.807, 2.05) is 36.1 Å². The SMILES string of the molecule is COC(=O)N[C@H]1COCCCCOn2c(ccc(-c3ccc(-c4cnc([C@@H]5CCCN5C(=O)[C@@H](C)C(C)C)[nH]4)cc3)c2=O)-c2cnc([nH]2)CN(C)C1=O.S.S.S. The van der Waals surface area contributed by atoms with E-state index in [9.17, 15) is 19.2 Å². The normalized spacial score (nSPS) is 18.1. The first kappa shape index (κ1) is 46.0. The zero-order chi connectivity index (χ0) is 37.6. The number of H-pyrrole nitrogens is 2. The van der Waals surface area contributed by atoms with E-state index in [1.54, 1.807) is 31.6 Å².